The van der Waals surface area contributed by atoms with Gasteiger partial charge in [0.05, 0.1) is 0 Å². The van der Waals surface area contributed by atoms with E-state index in [1.165, 1.54) is 16.6 Å². The van der Waals surface area contributed by atoms with Crippen molar-refractivity contribution in [3.05, 3.63) is 36.0 Å². The third-order valence-electron chi connectivity index (χ3n) is 3.19. The Morgan fingerprint density at radius 3 is 2.84 bits per heavy atom. The number of benzene rings is 1. The van der Waals surface area contributed by atoms with Gasteiger partial charge in [-0.1, -0.05) is 18.2 Å². The molecule has 0 saturated carbocycles. The van der Waals surface area contributed by atoms with Crippen LogP contribution in [-0.4, -0.2) is 24.1 Å². The molecule has 1 amide bonds. The maximum Gasteiger partial charge on any atom is 0.221 e. The van der Waals surface area contributed by atoms with Gasteiger partial charge < -0.3 is 15.2 Å². The first-order valence-corrected chi connectivity index (χ1v) is 6.74. The van der Waals surface area contributed by atoms with Crippen LogP contribution < -0.4 is 10.6 Å². The van der Waals surface area contributed by atoms with E-state index in [2.05, 4.69) is 33.4 Å². The van der Waals surface area contributed by atoms with Crippen LogP contribution in [0, 0.1) is 0 Å². The van der Waals surface area contributed by atoms with Crippen LogP contribution in [0.15, 0.2) is 30.3 Å². The molecule has 1 heterocycles. The maximum absolute atomic E-state index is 11.6. The lowest BCUT2D eigenvalue weighted by Gasteiger charge is -2.10. The predicted octanol–water partition coefficient (Wildman–Crippen LogP) is 1.89. The number of hydrogen-bond donors (Lipinski definition) is 2. The van der Waals surface area contributed by atoms with Crippen molar-refractivity contribution in [1.29, 1.82) is 0 Å². The minimum absolute atomic E-state index is 0.107. The van der Waals surface area contributed by atoms with Crippen LogP contribution in [-0.2, 0) is 17.9 Å². The Kier molecular flexibility index (Phi) is 4.58. The highest BCUT2D eigenvalue weighted by Crippen LogP contribution is 2.20. The number of carbonyl (C=O) groups excluding carboxylic acids is 1. The average molecular weight is 259 g/mol. The molecule has 0 aliphatic heterocycles. The summed E-state index contributed by atoms with van der Waals surface area (Å²) >= 11 is 0. The molecule has 2 rings (SSSR count). The van der Waals surface area contributed by atoms with Crippen molar-refractivity contribution in [3.63, 3.8) is 0 Å². The molecule has 0 unspecified atom stereocenters. The molecule has 2 N–H and O–H groups in total. The Morgan fingerprint density at radius 1 is 1.32 bits per heavy atom. The molecule has 1 aromatic heterocycles. The van der Waals surface area contributed by atoms with Gasteiger partial charge in [-0.25, -0.2) is 0 Å². The Balaban J connectivity index is 2.23. The van der Waals surface area contributed by atoms with Crippen molar-refractivity contribution >= 4 is 16.8 Å². The molecule has 0 aliphatic rings. The largest absolute Gasteiger partial charge is 0.356 e. The lowest BCUT2D eigenvalue weighted by molar-refractivity contribution is -0.121. The number of para-hydroxylation sites is 1. The lowest BCUT2D eigenvalue weighted by Crippen LogP contribution is -2.24. The fourth-order valence-electron chi connectivity index (χ4n) is 2.36. The van der Waals surface area contributed by atoms with Crippen LogP contribution in [0.5, 0.6) is 0 Å². The van der Waals surface area contributed by atoms with E-state index in [-0.39, 0.29) is 5.91 Å². The van der Waals surface area contributed by atoms with Gasteiger partial charge in [-0.05, 0) is 31.5 Å². The molecule has 4 heteroatoms. The van der Waals surface area contributed by atoms with Gasteiger partial charge >= 0.3 is 0 Å². The number of nitrogens with zero attached hydrogens (tertiary/aromatic N) is 1. The monoisotopic (exact) mass is 259 g/mol. The molecular weight excluding hydrogens is 238 g/mol. The van der Waals surface area contributed by atoms with Gasteiger partial charge in [0.1, 0.15) is 0 Å². The zero-order chi connectivity index (χ0) is 13.7. The van der Waals surface area contributed by atoms with Gasteiger partial charge in [0.25, 0.3) is 0 Å². The highest BCUT2D eigenvalue weighted by molar-refractivity contribution is 5.82. The fraction of sp³-hybridized carbons (Fsp3) is 0.400. The second-order valence-corrected chi connectivity index (χ2v) is 4.58. The molecule has 0 aliphatic carbocycles. The molecule has 102 valence electrons. The molecule has 0 spiro atoms. The van der Waals surface area contributed by atoms with E-state index >= 15 is 0 Å². The molecule has 19 heavy (non-hydrogen) atoms. The summed E-state index contributed by atoms with van der Waals surface area (Å²) in [5, 5.41) is 7.24. The van der Waals surface area contributed by atoms with Crippen LogP contribution in [0.1, 0.15) is 19.0 Å². The van der Waals surface area contributed by atoms with E-state index < -0.39 is 0 Å². The maximum atomic E-state index is 11.6. The van der Waals surface area contributed by atoms with Gasteiger partial charge in [-0.15, -0.1) is 0 Å². The normalized spacial score (nSPS) is 10.8. The quantitative estimate of drug-likeness (QED) is 0.832. The van der Waals surface area contributed by atoms with Crippen LogP contribution in [0.4, 0.5) is 0 Å². The SMILES string of the molecule is CCNC(=O)CCn1c(CNC)cc2ccccc21. The average Bonchev–Trinajstić information content (AvgIpc) is 2.75. The highest BCUT2D eigenvalue weighted by Gasteiger charge is 2.09. The molecule has 0 radical (unpaired) electrons. The number of amides is 1. The highest BCUT2D eigenvalue weighted by atomic mass is 16.1. The molecule has 2 aromatic rings. The van der Waals surface area contributed by atoms with Gasteiger partial charge in [0.15, 0.2) is 0 Å². The summed E-state index contributed by atoms with van der Waals surface area (Å²) in [6, 6.07) is 10.5. The minimum atomic E-state index is 0.107. The van der Waals surface area contributed by atoms with E-state index in [0.29, 0.717) is 13.0 Å². The van der Waals surface area contributed by atoms with Crippen LogP contribution in [0.2, 0.25) is 0 Å². The Labute approximate surface area is 113 Å². The third kappa shape index (κ3) is 3.15. The lowest BCUT2D eigenvalue weighted by atomic mass is 10.2. The molecule has 0 saturated heterocycles. The number of hydrogen-bond acceptors (Lipinski definition) is 2. The van der Waals surface area contributed by atoms with Gasteiger partial charge in [0, 0.05) is 37.3 Å². The van der Waals surface area contributed by atoms with Crippen LogP contribution in [0.3, 0.4) is 0 Å². The number of aryl methyl sites for hydroxylation is 1. The van der Waals surface area contributed by atoms with E-state index in [0.717, 1.165) is 13.1 Å². The van der Waals surface area contributed by atoms with E-state index in [9.17, 15) is 4.79 Å². The summed E-state index contributed by atoms with van der Waals surface area (Å²) in [6.07, 6.45) is 0.517. The summed E-state index contributed by atoms with van der Waals surface area (Å²) in [5.41, 5.74) is 2.41. The number of fused-ring (bicyclic) bond motifs is 1. The number of carbonyl (C=O) groups is 1. The van der Waals surface area contributed by atoms with Crippen molar-refractivity contribution in [2.75, 3.05) is 13.6 Å². The van der Waals surface area contributed by atoms with Crippen molar-refractivity contribution < 1.29 is 4.79 Å². The zero-order valence-electron chi connectivity index (χ0n) is 11.6. The number of rotatable bonds is 6. The Morgan fingerprint density at radius 2 is 2.11 bits per heavy atom. The molecular formula is C15H21N3O. The molecule has 0 bridgehead atoms. The van der Waals surface area contributed by atoms with Crippen molar-refractivity contribution in [3.8, 4) is 0 Å². The second-order valence-electron chi connectivity index (χ2n) is 4.58. The smallest absolute Gasteiger partial charge is 0.221 e. The van der Waals surface area contributed by atoms with Crippen molar-refractivity contribution in [2.45, 2.75) is 26.4 Å². The fourth-order valence-corrected chi connectivity index (χ4v) is 2.36. The van der Waals surface area contributed by atoms with E-state index in [1.807, 2.05) is 26.1 Å². The first-order chi connectivity index (χ1) is 9.26. The summed E-state index contributed by atoms with van der Waals surface area (Å²) in [4.78, 5) is 11.6. The third-order valence-corrected chi connectivity index (χ3v) is 3.19. The molecule has 1 aromatic carbocycles. The van der Waals surface area contributed by atoms with Crippen molar-refractivity contribution in [1.82, 2.24) is 15.2 Å². The topological polar surface area (TPSA) is 46.1 Å². The molecule has 0 fully saturated rings. The summed E-state index contributed by atoms with van der Waals surface area (Å²) in [7, 11) is 1.94. The van der Waals surface area contributed by atoms with E-state index in [1.54, 1.807) is 0 Å². The predicted molar refractivity (Wildman–Crippen MR) is 78.0 cm³/mol. The van der Waals surface area contributed by atoms with Gasteiger partial charge in [-0.3, -0.25) is 4.79 Å². The van der Waals surface area contributed by atoms with Crippen LogP contribution in [0.25, 0.3) is 10.9 Å². The van der Waals surface area contributed by atoms with Gasteiger partial charge in [0.2, 0.25) is 5.91 Å². The summed E-state index contributed by atoms with van der Waals surface area (Å²) in [6.45, 7) is 4.16. The zero-order valence-corrected chi connectivity index (χ0v) is 11.6. The standard InChI is InChI=1S/C15H21N3O/c1-3-17-15(19)8-9-18-13(11-16-2)10-12-6-4-5-7-14(12)18/h4-7,10,16H,3,8-9,11H2,1-2H3,(H,17,19). The first kappa shape index (κ1) is 13.6. The first-order valence-electron chi connectivity index (χ1n) is 6.74. The Bertz CT molecular complexity index is 560. The summed E-state index contributed by atoms with van der Waals surface area (Å²) < 4.78 is 2.22. The van der Waals surface area contributed by atoms with Crippen LogP contribution >= 0.6 is 0 Å². The number of nitrogens with one attached hydrogen (secondary N) is 2. The molecule has 0 atom stereocenters. The second kappa shape index (κ2) is 6.38. The number of aromatic nitrogens is 1. The van der Waals surface area contributed by atoms with Crippen molar-refractivity contribution in [2.24, 2.45) is 0 Å². The van der Waals surface area contributed by atoms with E-state index in [4.69, 9.17) is 0 Å². The Hall–Kier alpha value is -1.81. The summed E-state index contributed by atoms with van der Waals surface area (Å²) in [5.74, 6) is 0.107. The minimum Gasteiger partial charge on any atom is -0.356 e. The molecule has 4 nitrogen and oxygen atoms in total. The van der Waals surface area contributed by atoms with Gasteiger partial charge in [-0.2, -0.15) is 0 Å².